The fourth-order valence-electron chi connectivity index (χ4n) is 2.77. The predicted molar refractivity (Wildman–Crippen MR) is 118 cm³/mol. The second-order valence-corrected chi connectivity index (χ2v) is 7.95. The summed E-state index contributed by atoms with van der Waals surface area (Å²) in [6.45, 7) is 2.01. The summed E-state index contributed by atoms with van der Waals surface area (Å²) >= 11 is 13.5. The van der Waals surface area contributed by atoms with E-state index in [1.54, 1.807) is 53.9 Å². The minimum atomic E-state index is -0.464. The van der Waals surface area contributed by atoms with Crippen LogP contribution in [0.4, 0.5) is 5.69 Å². The van der Waals surface area contributed by atoms with Gasteiger partial charge < -0.3 is 10.1 Å². The predicted octanol–water partition coefficient (Wildman–Crippen LogP) is 4.71. The molecule has 7 nitrogen and oxygen atoms in total. The van der Waals surface area contributed by atoms with Gasteiger partial charge in [-0.05, 0) is 54.6 Å². The molecule has 30 heavy (non-hydrogen) atoms. The van der Waals surface area contributed by atoms with Gasteiger partial charge >= 0.3 is 5.97 Å². The number of carbonyl (C=O) groups is 2. The lowest BCUT2D eigenvalue weighted by Crippen LogP contribution is -2.19. The van der Waals surface area contributed by atoms with Crippen LogP contribution in [-0.4, -0.2) is 33.0 Å². The molecule has 0 atom stereocenters. The van der Waals surface area contributed by atoms with Crippen molar-refractivity contribution in [2.45, 2.75) is 6.92 Å². The first kappa shape index (κ1) is 20.5. The highest BCUT2D eigenvalue weighted by Crippen LogP contribution is 2.35. The van der Waals surface area contributed by atoms with Crippen molar-refractivity contribution in [3.8, 4) is 0 Å². The lowest BCUT2D eigenvalue weighted by atomic mass is 10.2. The number of ether oxygens (including phenoxy) is 1. The van der Waals surface area contributed by atoms with Crippen LogP contribution < -0.4 is 5.32 Å². The SMILES string of the molecule is CCOC(=O)c1cnc2ccc(C=C3SC(=Nc4c(Cl)cccc4Cl)NC3=O)cn12. The number of thioether (sulfide) groups is 1. The zero-order chi connectivity index (χ0) is 21.3. The van der Waals surface area contributed by atoms with E-state index in [-0.39, 0.29) is 12.5 Å². The van der Waals surface area contributed by atoms with Crippen molar-refractivity contribution in [1.29, 1.82) is 0 Å². The number of fused-ring (bicyclic) bond motifs is 1. The molecule has 1 aliphatic heterocycles. The van der Waals surface area contributed by atoms with Crippen LogP contribution in [0, 0.1) is 0 Å². The number of amidine groups is 1. The van der Waals surface area contributed by atoms with Crippen molar-refractivity contribution >= 4 is 69.4 Å². The Morgan fingerprint density at radius 1 is 1.30 bits per heavy atom. The summed E-state index contributed by atoms with van der Waals surface area (Å²) in [6.07, 6.45) is 4.87. The van der Waals surface area contributed by atoms with Crippen LogP contribution >= 0.6 is 35.0 Å². The molecular weight excluding hydrogens is 447 g/mol. The lowest BCUT2D eigenvalue weighted by Gasteiger charge is -2.03. The molecule has 0 unspecified atom stereocenters. The average Bonchev–Trinajstić information content (AvgIpc) is 3.28. The second kappa shape index (κ2) is 8.51. The number of nitrogens with one attached hydrogen (secondary N) is 1. The summed E-state index contributed by atoms with van der Waals surface area (Å²) in [5.41, 5.74) is 2.01. The molecule has 0 aliphatic carbocycles. The topological polar surface area (TPSA) is 85.1 Å². The van der Waals surface area contributed by atoms with E-state index in [0.29, 0.717) is 42.7 Å². The van der Waals surface area contributed by atoms with Gasteiger partial charge in [0.25, 0.3) is 5.91 Å². The van der Waals surface area contributed by atoms with Crippen LogP contribution in [0.25, 0.3) is 11.7 Å². The summed E-state index contributed by atoms with van der Waals surface area (Å²) in [4.78, 5) is 33.5. The maximum Gasteiger partial charge on any atom is 0.356 e. The number of aromatic nitrogens is 2. The number of esters is 1. The van der Waals surface area contributed by atoms with E-state index < -0.39 is 5.97 Å². The molecule has 152 valence electrons. The highest BCUT2D eigenvalue weighted by Gasteiger charge is 2.24. The van der Waals surface area contributed by atoms with Crippen LogP contribution in [0.3, 0.4) is 0 Å². The molecule has 3 heterocycles. The Kier molecular flexibility index (Phi) is 5.80. The van der Waals surface area contributed by atoms with Gasteiger partial charge in [0, 0.05) is 6.20 Å². The zero-order valence-corrected chi connectivity index (χ0v) is 17.9. The number of amides is 1. The molecule has 1 aliphatic rings. The number of hydrogen-bond acceptors (Lipinski definition) is 6. The van der Waals surface area contributed by atoms with Crippen LogP contribution in [0.15, 0.2) is 52.6 Å². The summed E-state index contributed by atoms with van der Waals surface area (Å²) in [5, 5.41) is 3.85. The van der Waals surface area contributed by atoms with Gasteiger partial charge in [-0.1, -0.05) is 29.3 Å². The summed E-state index contributed by atoms with van der Waals surface area (Å²) in [6, 6.07) is 8.62. The zero-order valence-electron chi connectivity index (χ0n) is 15.6. The van der Waals surface area contributed by atoms with Gasteiger partial charge in [0.2, 0.25) is 0 Å². The van der Waals surface area contributed by atoms with Gasteiger partial charge in [0.05, 0.1) is 27.8 Å². The number of halogens is 2. The van der Waals surface area contributed by atoms with Crippen molar-refractivity contribution < 1.29 is 14.3 Å². The van der Waals surface area contributed by atoms with E-state index in [4.69, 9.17) is 27.9 Å². The van der Waals surface area contributed by atoms with Crippen molar-refractivity contribution in [1.82, 2.24) is 14.7 Å². The second-order valence-electron chi connectivity index (χ2n) is 6.11. The van der Waals surface area contributed by atoms with Gasteiger partial charge in [0.1, 0.15) is 11.3 Å². The van der Waals surface area contributed by atoms with Crippen molar-refractivity contribution in [2.75, 3.05) is 6.61 Å². The minimum Gasteiger partial charge on any atom is -0.461 e. The largest absolute Gasteiger partial charge is 0.461 e. The maximum atomic E-state index is 12.4. The molecule has 2 aromatic heterocycles. The van der Waals surface area contributed by atoms with Gasteiger partial charge in [0.15, 0.2) is 10.9 Å². The first-order valence-corrected chi connectivity index (χ1v) is 10.4. The highest BCUT2D eigenvalue weighted by atomic mass is 35.5. The Balaban J connectivity index is 1.64. The quantitative estimate of drug-likeness (QED) is 0.450. The van der Waals surface area contributed by atoms with Gasteiger partial charge in [-0.2, -0.15) is 0 Å². The van der Waals surface area contributed by atoms with Gasteiger partial charge in [-0.3, -0.25) is 9.20 Å². The molecule has 0 spiro atoms. The van der Waals surface area contributed by atoms with Crippen molar-refractivity contribution in [3.05, 3.63) is 68.9 Å². The van der Waals surface area contributed by atoms with E-state index in [2.05, 4.69) is 15.3 Å². The fourth-order valence-corrected chi connectivity index (χ4v) is 4.08. The highest BCUT2D eigenvalue weighted by molar-refractivity contribution is 8.18. The number of nitrogens with zero attached hydrogens (tertiary/aromatic N) is 3. The molecule has 10 heteroatoms. The molecule has 0 radical (unpaired) electrons. The standard InChI is InChI=1S/C20H14Cl2N4O3S/c1-2-29-19(28)14-9-23-16-7-6-11(10-26(14)16)8-15-18(27)25-20(30-15)24-17-12(21)4-3-5-13(17)22/h3-10H,2H2,1H3,(H,24,25,27). The average molecular weight is 461 g/mol. The van der Waals surface area contributed by atoms with E-state index in [1.165, 1.54) is 18.0 Å². The lowest BCUT2D eigenvalue weighted by molar-refractivity contribution is -0.115. The van der Waals surface area contributed by atoms with Gasteiger partial charge in [-0.25, -0.2) is 14.8 Å². The third-order valence-electron chi connectivity index (χ3n) is 4.11. The van der Waals surface area contributed by atoms with E-state index >= 15 is 0 Å². The summed E-state index contributed by atoms with van der Waals surface area (Å²) in [7, 11) is 0. The molecule has 1 aromatic carbocycles. The van der Waals surface area contributed by atoms with Crippen molar-refractivity contribution in [2.24, 2.45) is 4.99 Å². The Hall–Kier alpha value is -2.81. The van der Waals surface area contributed by atoms with E-state index in [1.807, 2.05) is 0 Å². The number of carbonyl (C=O) groups excluding carboxylic acids is 2. The normalized spacial score (nSPS) is 16.4. The maximum absolute atomic E-state index is 12.4. The molecule has 3 aromatic rings. The number of aliphatic imine (C=N–C) groups is 1. The molecular formula is C20H14Cl2N4O3S. The van der Waals surface area contributed by atoms with Crippen LogP contribution in [0.5, 0.6) is 0 Å². The Bertz CT molecular complexity index is 1220. The first-order chi connectivity index (χ1) is 14.5. The van der Waals surface area contributed by atoms with Gasteiger partial charge in [-0.15, -0.1) is 0 Å². The smallest absolute Gasteiger partial charge is 0.356 e. The number of rotatable bonds is 4. The molecule has 0 saturated carbocycles. The molecule has 4 rings (SSSR count). The third-order valence-corrected chi connectivity index (χ3v) is 5.63. The number of benzene rings is 1. The molecule has 1 fully saturated rings. The minimum absolute atomic E-state index is 0.268. The van der Waals surface area contributed by atoms with E-state index in [9.17, 15) is 9.59 Å². The van der Waals surface area contributed by atoms with Crippen LogP contribution in [0.2, 0.25) is 10.0 Å². The van der Waals surface area contributed by atoms with Crippen LogP contribution in [0.1, 0.15) is 23.0 Å². The number of para-hydroxylation sites is 1. The Labute approximate surface area is 185 Å². The monoisotopic (exact) mass is 460 g/mol. The Morgan fingerprint density at radius 2 is 2.07 bits per heavy atom. The molecule has 1 amide bonds. The number of imidazole rings is 1. The molecule has 1 saturated heterocycles. The van der Waals surface area contributed by atoms with Crippen LogP contribution in [-0.2, 0) is 9.53 Å². The van der Waals surface area contributed by atoms with E-state index in [0.717, 1.165) is 0 Å². The fraction of sp³-hybridized carbons (Fsp3) is 0.100. The third kappa shape index (κ3) is 4.07. The van der Waals surface area contributed by atoms with Crippen molar-refractivity contribution in [3.63, 3.8) is 0 Å². The summed E-state index contributed by atoms with van der Waals surface area (Å²) in [5.74, 6) is -0.757. The molecule has 0 bridgehead atoms. The molecule has 1 N–H and O–H groups in total. The number of hydrogen-bond donors (Lipinski definition) is 1. The Morgan fingerprint density at radius 3 is 2.80 bits per heavy atom. The summed E-state index contributed by atoms with van der Waals surface area (Å²) < 4.78 is 6.68. The first-order valence-electron chi connectivity index (χ1n) is 8.84. The number of pyridine rings is 1.